The lowest BCUT2D eigenvalue weighted by atomic mass is 9.95. The minimum atomic E-state index is 0.175. The number of rotatable bonds is 5. The number of nitrogens with one attached hydrogen (secondary N) is 1. The fourth-order valence-electron chi connectivity index (χ4n) is 4.29. The molecule has 1 unspecified atom stereocenters. The molecule has 27 heavy (non-hydrogen) atoms. The van der Waals surface area contributed by atoms with Gasteiger partial charge in [-0.15, -0.1) is 0 Å². The first-order valence-electron chi connectivity index (χ1n) is 9.97. The molecule has 0 radical (unpaired) electrons. The van der Waals surface area contributed by atoms with Gasteiger partial charge >= 0.3 is 0 Å². The fraction of sp³-hybridized carbons (Fsp3) is 0.435. The maximum atomic E-state index is 11.8. The topological polar surface area (TPSA) is 41.6 Å². The van der Waals surface area contributed by atoms with Crippen molar-refractivity contribution in [3.63, 3.8) is 0 Å². The van der Waals surface area contributed by atoms with Gasteiger partial charge in [0.15, 0.2) is 0 Å². The van der Waals surface area contributed by atoms with Gasteiger partial charge in [0.2, 0.25) is 5.91 Å². The number of nitrogens with zero attached hydrogens (tertiary/aromatic N) is 1. The van der Waals surface area contributed by atoms with Crippen molar-refractivity contribution < 1.29 is 9.53 Å². The molecule has 142 valence electrons. The van der Waals surface area contributed by atoms with Crippen LogP contribution in [0.2, 0.25) is 0 Å². The normalized spacial score (nSPS) is 20.1. The van der Waals surface area contributed by atoms with Crippen LogP contribution in [0, 0.1) is 5.92 Å². The minimum absolute atomic E-state index is 0.175. The zero-order chi connectivity index (χ0) is 18.6. The number of likely N-dealkylation sites (tertiary alicyclic amines) is 1. The van der Waals surface area contributed by atoms with E-state index in [-0.39, 0.29) is 17.9 Å². The van der Waals surface area contributed by atoms with E-state index in [4.69, 9.17) is 4.74 Å². The van der Waals surface area contributed by atoms with Crippen LogP contribution in [0.5, 0.6) is 5.75 Å². The van der Waals surface area contributed by atoms with Gasteiger partial charge in [-0.3, -0.25) is 9.69 Å². The van der Waals surface area contributed by atoms with Crippen LogP contribution in [0.1, 0.15) is 29.5 Å². The average molecular weight is 364 g/mol. The quantitative estimate of drug-likeness (QED) is 0.887. The first-order chi connectivity index (χ1) is 13.2. The Kier molecular flexibility index (Phi) is 5.44. The summed E-state index contributed by atoms with van der Waals surface area (Å²) >= 11 is 0. The first kappa shape index (κ1) is 18.1. The first-order valence-corrected chi connectivity index (χ1v) is 9.97. The number of carbonyl (C=O) groups excluding carboxylic acids is 1. The molecule has 0 bridgehead atoms. The lowest BCUT2D eigenvalue weighted by Crippen LogP contribution is -2.43. The van der Waals surface area contributed by atoms with Crippen LogP contribution < -0.4 is 10.1 Å². The molecular weight excluding hydrogens is 336 g/mol. The zero-order valence-corrected chi connectivity index (χ0v) is 16.0. The predicted octanol–water partition coefficient (Wildman–Crippen LogP) is 3.04. The monoisotopic (exact) mass is 364 g/mol. The summed E-state index contributed by atoms with van der Waals surface area (Å²) in [5.74, 6) is 1.40. The van der Waals surface area contributed by atoms with Gasteiger partial charge in [0, 0.05) is 25.9 Å². The third-order valence-electron chi connectivity index (χ3n) is 5.78. The summed E-state index contributed by atoms with van der Waals surface area (Å²) in [5, 5.41) is 2.77. The molecule has 2 aliphatic rings. The summed E-state index contributed by atoms with van der Waals surface area (Å²) in [7, 11) is 1.73. The second-order valence-corrected chi connectivity index (χ2v) is 7.74. The van der Waals surface area contributed by atoms with E-state index in [0.29, 0.717) is 0 Å². The lowest BCUT2D eigenvalue weighted by Gasteiger charge is -2.32. The third-order valence-corrected chi connectivity index (χ3v) is 5.78. The van der Waals surface area contributed by atoms with Crippen LogP contribution in [0.25, 0.3) is 0 Å². The Hall–Kier alpha value is -2.33. The molecule has 4 nitrogen and oxygen atoms in total. The van der Waals surface area contributed by atoms with Crippen LogP contribution in [0.3, 0.4) is 0 Å². The number of amides is 1. The molecule has 1 saturated heterocycles. The zero-order valence-electron chi connectivity index (χ0n) is 16.0. The van der Waals surface area contributed by atoms with E-state index in [2.05, 4.69) is 58.7 Å². The maximum Gasteiger partial charge on any atom is 0.222 e. The summed E-state index contributed by atoms with van der Waals surface area (Å²) in [6.45, 7) is 2.91. The van der Waals surface area contributed by atoms with Crippen molar-refractivity contribution in [1.29, 1.82) is 0 Å². The number of hydrogen-bond acceptors (Lipinski definition) is 3. The number of carbonyl (C=O) groups is 1. The van der Waals surface area contributed by atoms with E-state index in [0.717, 1.165) is 51.1 Å². The van der Waals surface area contributed by atoms with E-state index < -0.39 is 0 Å². The highest BCUT2D eigenvalue weighted by atomic mass is 16.5. The molecule has 4 rings (SSSR count). The standard InChI is InChI=1S/C23H28N2O2/c1-24-23(26)19-9-11-25(12-10-19)16-21-15-20-14-18(7-8-22(20)27-21)13-17-5-3-2-4-6-17/h2-8,14,19,21H,9-13,15-16H2,1H3,(H,24,26). The summed E-state index contributed by atoms with van der Waals surface area (Å²) in [6, 6.07) is 17.2. The van der Waals surface area contributed by atoms with Crippen molar-refractivity contribution in [2.75, 3.05) is 26.7 Å². The second-order valence-electron chi connectivity index (χ2n) is 7.74. The van der Waals surface area contributed by atoms with Crippen molar-refractivity contribution in [3.8, 4) is 5.75 Å². The Labute approximate surface area is 161 Å². The Morgan fingerprint density at radius 3 is 2.63 bits per heavy atom. The molecule has 2 aliphatic heterocycles. The highest BCUT2D eigenvalue weighted by molar-refractivity contribution is 5.78. The molecule has 2 aromatic carbocycles. The van der Waals surface area contributed by atoms with E-state index >= 15 is 0 Å². The highest BCUT2D eigenvalue weighted by Crippen LogP contribution is 2.31. The van der Waals surface area contributed by atoms with Crippen molar-refractivity contribution in [2.45, 2.75) is 31.8 Å². The molecule has 2 heterocycles. The number of fused-ring (bicyclic) bond motifs is 1. The summed E-state index contributed by atoms with van der Waals surface area (Å²) in [4.78, 5) is 14.2. The van der Waals surface area contributed by atoms with Gasteiger partial charge in [0.1, 0.15) is 11.9 Å². The van der Waals surface area contributed by atoms with Crippen molar-refractivity contribution in [2.24, 2.45) is 5.92 Å². The van der Waals surface area contributed by atoms with Crippen LogP contribution in [0.15, 0.2) is 48.5 Å². The van der Waals surface area contributed by atoms with Gasteiger partial charge in [-0.1, -0.05) is 42.5 Å². The van der Waals surface area contributed by atoms with Crippen LogP contribution in [-0.2, 0) is 17.6 Å². The Balaban J connectivity index is 1.31. The average Bonchev–Trinajstić information content (AvgIpc) is 3.10. The van der Waals surface area contributed by atoms with Crippen molar-refractivity contribution in [3.05, 3.63) is 65.2 Å². The number of piperidine rings is 1. The minimum Gasteiger partial charge on any atom is -0.488 e. The summed E-state index contributed by atoms with van der Waals surface area (Å²) in [6.07, 6.45) is 4.06. The molecule has 4 heteroatoms. The molecule has 0 aromatic heterocycles. The second kappa shape index (κ2) is 8.13. The highest BCUT2D eigenvalue weighted by Gasteiger charge is 2.29. The smallest absolute Gasteiger partial charge is 0.222 e. The molecule has 0 spiro atoms. The largest absolute Gasteiger partial charge is 0.488 e. The van der Waals surface area contributed by atoms with Crippen LogP contribution in [0.4, 0.5) is 0 Å². The van der Waals surface area contributed by atoms with Gasteiger partial charge in [-0.2, -0.15) is 0 Å². The van der Waals surface area contributed by atoms with Gasteiger partial charge in [-0.25, -0.2) is 0 Å². The van der Waals surface area contributed by atoms with Crippen molar-refractivity contribution in [1.82, 2.24) is 10.2 Å². The lowest BCUT2D eigenvalue weighted by molar-refractivity contribution is -0.126. The molecule has 2 aromatic rings. The Morgan fingerprint density at radius 2 is 1.89 bits per heavy atom. The molecule has 1 atom stereocenters. The Bertz CT molecular complexity index is 782. The number of ether oxygens (including phenoxy) is 1. The maximum absolute atomic E-state index is 11.8. The van der Waals surface area contributed by atoms with Gasteiger partial charge in [-0.05, 0) is 55.1 Å². The van der Waals surface area contributed by atoms with E-state index in [1.165, 1.54) is 16.7 Å². The van der Waals surface area contributed by atoms with E-state index in [9.17, 15) is 4.79 Å². The number of benzene rings is 2. The number of hydrogen-bond donors (Lipinski definition) is 1. The molecule has 1 N–H and O–H groups in total. The molecule has 0 saturated carbocycles. The molecule has 1 amide bonds. The molecule has 1 fully saturated rings. The summed E-state index contributed by atoms with van der Waals surface area (Å²) < 4.78 is 6.19. The third kappa shape index (κ3) is 4.33. The van der Waals surface area contributed by atoms with Crippen LogP contribution in [-0.4, -0.2) is 43.6 Å². The van der Waals surface area contributed by atoms with Gasteiger partial charge in [0.05, 0.1) is 0 Å². The molecular formula is C23H28N2O2. The summed E-state index contributed by atoms with van der Waals surface area (Å²) in [5.41, 5.74) is 4.01. The van der Waals surface area contributed by atoms with Gasteiger partial charge in [0.25, 0.3) is 0 Å². The van der Waals surface area contributed by atoms with E-state index in [1.54, 1.807) is 7.05 Å². The Morgan fingerprint density at radius 1 is 1.11 bits per heavy atom. The van der Waals surface area contributed by atoms with E-state index in [1.807, 2.05) is 0 Å². The van der Waals surface area contributed by atoms with Gasteiger partial charge < -0.3 is 10.1 Å². The van der Waals surface area contributed by atoms with Crippen LogP contribution >= 0.6 is 0 Å². The molecule has 0 aliphatic carbocycles. The SMILES string of the molecule is CNC(=O)C1CCN(CC2Cc3cc(Cc4ccccc4)ccc3O2)CC1. The predicted molar refractivity (Wildman–Crippen MR) is 107 cm³/mol. The fourth-order valence-corrected chi connectivity index (χ4v) is 4.29. The van der Waals surface area contributed by atoms with Crippen molar-refractivity contribution >= 4 is 5.91 Å².